The summed E-state index contributed by atoms with van der Waals surface area (Å²) >= 11 is 2.87. The quantitative estimate of drug-likeness (QED) is 0.672. The number of aromatic nitrogens is 2. The number of hydrogen-bond donors (Lipinski definition) is 1. The van der Waals surface area contributed by atoms with Gasteiger partial charge in [0.05, 0.1) is 0 Å². The van der Waals surface area contributed by atoms with Crippen LogP contribution in [0.5, 0.6) is 0 Å². The molecule has 2 rings (SSSR count). The highest BCUT2D eigenvalue weighted by atomic mass is 32.2. The normalized spacial score (nSPS) is 10.1. The monoisotopic (exact) mass is 251 g/mol. The summed E-state index contributed by atoms with van der Waals surface area (Å²) in [6, 6.07) is 9.02. The number of amides is 1. The third kappa shape index (κ3) is 2.59. The summed E-state index contributed by atoms with van der Waals surface area (Å²) in [6.07, 6.45) is 1.92. The first kappa shape index (κ1) is 11.1. The van der Waals surface area contributed by atoms with E-state index in [4.69, 9.17) is 0 Å². The summed E-state index contributed by atoms with van der Waals surface area (Å²) in [5, 5.41) is 11.0. The van der Waals surface area contributed by atoms with E-state index in [1.165, 1.54) is 23.1 Å². The number of nitrogens with one attached hydrogen (secondary N) is 1. The molecule has 1 amide bonds. The Kier molecular flexibility index (Phi) is 3.53. The van der Waals surface area contributed by atoms with E-state index in [1.54, 1.807) is 12.1 Å². The van der Waals surface area contributed by atoms with Crippen molar-refractivity contribution >= 4 is 34.1 Å². The van der Waals surface area contributed by atoms with Crippen molar-refractivity contribution in [3.8, 4) is 0 Å². The second-order valence-corrected chi connectivity index (χ2v) is 4.93. The van der Waals surface area contributed by atoms with Crippen molar-refractivity contribution in [2.45, 2.75) is 4.34 Å². The van der Waals surface area contributed by atoms with Crippen LogP contribution in [0.3, 0.4) is 0 Å². The van der Waals surface area contributed by atoms with Crippen LogP contribution < -0.4 is 5.32 Å². The highest BCUT2D eigenvalue weighted by molar-refractivity contribution is 8.00. The molecule has 1 aromatic heterocycles. The number of thioether (sulfide) groups is 1. The van der Waals surface area contributed by atoms with E-state index in [0.29, 0.717) is 10.7 Å². The molecule has 4 nitrogen and oxygen atoms in total. The molecule has 0 spiro atoms. The molecule has 0 saturated carbocycles. The second-order valence-electron chi connectivity index (χ2n) is 2.90. The first-order valence-electron chi connectivity index (χ1n) is 4.53. The average molecular weight is 251 g/mol. The lowest BCUT2D eigenvalue weighted by Crippen LogP contribution is -2.11. The lowest BCUT2D eigenvalue weighted by atomic mass is 10.2. The SMILES string of the molecule is CSc1nnc(NC(=O)c2ccccc2)s1. The van der Waals surface area contributed by atoms with Crippen LogP contribution in [-0.4, -0.2) is 22.4 Å². The average Bonchev–Trinajstić information content (AvgIpc) is 2.78. The van der Waals surface area contributed by atoms with Gasteiger partial charge in [0.25, 0.3) is 5.91 Å². The molecule has 0 unspecified atom stereocenters. The molecule has 1 N–H and O–H groups in total. The molecule has 0 fully saturated rings. The maximum absolute atomic E-state index is 11.7. The molecule has 2 aromatic rings. The Hall–Kier alpha value is -1.40. The van der Waals surface area contributed by atoms with Crippen LogP contribution in [-0.2, 0) is 0 Å². The summed E-state index contributed by atoms with van der Waals surface area (Å²) in [5.74, 6) is -0.163. The van der Waals surface area contributed by atoms with Crippen LogP contribution in [0, 0.1) is 0 Å². The number of anilines is 1. The fourth-order valence-corrected chi connectivity index (χ4v) is 2.27. The first-order chi connectivity index (χ1) is 7.79. The van der Waals surface area contributed by atoms with E-state index in [1.807, 2.05) is 24.5 Å². The molecule has 0 aliphatic rings. The molecule has 16 heavy (non-hydrogen) atoms. The zero-order valence-electron chi connectivity index (χ0n) is 8.51. The minimum Gasteiger partial charge on any atom is -0.296 e. The van der Waals surface area contributed by atoms with Gasteiger partial charge in [-0.25, -0.2) is 0 Å². The Balaban J connectivity index is 2.08. The maximum Gasteiger partial charge on any atom is 0.257 e. The molecule has 0 radical (unpaired) electrons. The van der Waals surface area contributed by atoms with Gasteiger partial charge in [0, 0.05) is 5.56 Å². The van der Waals surface area contributed by atoms with Gasteiger partial charge in [-0.1, -0.05) is 41.3 Å². The molecule has 0 atom stereocenters. The summed E-state index contributed by atoms with van der Waals surface area (Å²) in [4.78, 5) is 11.7. The fourth-order valence-electron chi connectivity index (χ4n) is 1.10. The summed E-state index contributed by atoms with van der Waals surface area (Å²) in [6.45, 7) is 0. The van der Waals surface area contributed by atoms with E-state index in [0.717, 1.165) is 4.34 Å². The van der Waals surface area contributed by atoms with Gasteiger partial charge < -0.3 is 0 Å². The van der Waals surface area contributed by atoms with Crippen molar-refractivity contribution in [3.63, 3.8) is 0 Å². The zero-order valence-corrected chi connectivity index (χ0v) is 10.1. The van der Waals surface area contributed by atoms with Crippen LogP contribution in [0.15, 0.2) is 34.7 Å². The molecule has 0 aliphatic heterocycles. The van der Waals surface area contributed by atoms with Crippen molar-refractivity contribution in [1.82, 2.24) is 10.2 Å². The standard InChI is InChI=1S/C10H9N3OS2/c1-15-10-13-12-9(16-10)11-8(14)7-5-3-2-4-6-7/h2-6H,1H3,(H,11,12,14). The van der Waals surface area contributed by atoms with Crippen LogP contribution in [0.2, 0.25) is 0 Å². The van der Waals surface area contributed by atoms with Crippen molar-refractivity contribution in [3.05, 3.63) is 35.9 Å². The van der Waals surface area contributed by atoms with Crippen molar-refractivity contribution in [1.29, 1.82) is 0 Å². The Morgan fingerprint density at radius 2 is 2.06 bits per heavy atom. The van der Waals surface area contributed by atoms with Gasteiger partial charge in [-0.05, 0) is 18.4 Å². The molecule has 1 aromatic carbocycles. The van der Waals surface area contributed by atoms with Gasteiger partial charge in [0.2, 0.25) is 5.13 Å². The van der Waals surface area contributed by atoms with Crippen molar-refractivity contribution < 1.29 is 4.79 Å². The van der Waals surface area contributed by atoms with Crippen LogP contribution in [0.25, 0.3) is 0 Å². The summed E-state index contributed by atoms with van der Waals surface area (Å²) < 4.78 is 0.836. The summed E-state index contributed by atoms with van der Waals surface area (Å²) in [5.41, 5.74) is 0.614. The Morgan fingerprint density at radius 3 is 2.69 bits per heavy atom. The van der Waals surface area contributed by atoms with Crippen LogP contribution >= 0.6 is 23.1 Å². The van der Waals surface area contributed by atoms with Gasteiger partial charge in [-0.2, -0.15) is 0 Å². The van der Waals surface area contributed by atoms with E-state index >= 15 is 0 Å². The molecular weight excluding hydrogens is 242 g/mol. The minimum atomic E-state index is -0.163. The number of carbonyl (C=O) groups excluding carboxylic acids is 1. The van der Waals surface area contributed by atoms with E-state index in [9.17, 15) is 4.79 Å². The van der Waals surface area contributed by atoms with Gasteiger partial charge in [0.1, 0.15) is 0 Å². The Labute approximate surface area is 101 Å². The third-order valence-electron chi connectivity index (χ3n) is 1.84. The lowest BCUT2D eigenvalue weighted by molar-refractivity contribution is 0.102. The largest absolute Gasteiger partial charge is 0.296 e. The van der Waals surface area contributed by atoms with Gasteiger partial charge >= 0.3 is 0 Å². The lowest BCUT2D eigenvalue weighted by Gasteiger charge is -1.99. The third-order valence-corrected chi connectivity index (χ3v) is 3.65. The van der Waals surface area contributed by atoms with E-state index in [-0.39, 0.29) is 5.91 Å². The number of hydrogen-bond acceptors (Lipinski definition) is 5. The highest BCUT2D eigenvalue weighted by Gasteiger charge is 2.08. The molecule has 6 heteroatoms. The molecule has 1 heterocycles. The predicted molar refractivity (Wildman–Crippen MR) is 66.1 cm³/mol. The molecule has 0 saturated heterocycles. The second kappa shape index (κ2) is 5.09. The van der Waals surface area contributed by atoms with Gasteiger partial charge in [0.15, 0.2) is 4.34 Å². The molecular formula is C10H9N3OS2. The van der Waals surface area contributed by atoms with Crippen molar-refractivity contribution in [2.24, 2.45) is 0 Å². The van der Waals surface area contributed by atoms with E-state index in [2.05, 4.69) is 15.5 Å². The first-order valence-corrected chi connectivity index (χ1v) is 6.57. The Morgan fingerprint density at radius 1 is 1.31 bits per heavy atom. The maximum atomic E-state index is 11.7. The number of carbonyl (C=O) groups is 1. The minimum absolute atomic E-state index is 0.163. The zero-order chi connectivity index (χ0) is 11.4. The van der Waals surface area contributed by atoms with Gasteiger partial charge in [-0.3, -0.25) is 10.1 Å². The van der Waals surface area contributed by atoms with Crippen molar-refractivity contribution in [2.75, 3.05) is 11.6 Å². The predicted octanol–water partition coefficient (Wildman–Crippen LogP) is 2.51. The van der Waals surface area contributed by atoms with E-state index < -0.39 is 0 Å². The topological polar surface area (TPSA) is 54.9 Å². The highest BCUT2D eigenvalue weighted by Crippen LogP contribution is 2.23. The van der Waals surface area contributed by atoms with Gasteiger partial charge in [-0.15, -0.1) is 10.2 Å². The number of benzene rings is 1. The molecule has 0 bridgehead atoms. The van der Waals surface area contributed by atoms with Crippen LogP contribution in [0.4, 0.5) is 5.13 Å². The number of rotatable bonds is 3. The molecule has 0 aliphatic carbocycles. The Bertz CT molecular complexity index is 484. The molecule has 82 valence electrons. The smallest absolute Gasteiger partial charge is 0.257 e. The fraction of sp³-hybridized carbons (Fsp3) is 0.100. The summed E-state index contributed by atoms with van der Waals surface area (Å²) in [7, 11) is 0. The number of nitrogens with zero attached hydrogens (tertiary/aromatic N) is 2. The van der Waals surface area contributed by atoms with Crippen LogP contribution in [0.1, 0.15) is 10.4 Å².